The van der Waals surface area contributed by atoms with Crippen molar-refractivity contribution in [2.24, 2.45) is 5.16 Å². The number of rotatable bonds is 3. The van der Waals surface area contributed by atoms with Crippen molar-refractivity contribution in [2.45, 2.75) is 6.54 Å². The molecule has 1 heterocycles. The van der Waals surface area contributed by atoms with Gasteiger partial charge < -0.3 is 34.3 Å². The van der Waals surface area contributed by atoms with Crippen LogP contribution >= 0.6 is 0 Å². The van der Waals surface area contributed by atoms with Crippen LogP contribution in [0.1, 0.15) is 5.56 Å². The number of hydrogen-bond donors (Lipinski definition) is 2. The first-order valence-electron chi connectivity index (χ1n) is 3.60. The summed E-state index contributed by atoms with van der Waals surface area (Å²) in [4.78, 5) is 10.3. The van der Waals surface area contributed by atoms with Crippen LogP contribution in [0.25, 0.3) is 0 Å². The molecule has 14 heavy (non-hydrogen) atoms. The minimum atomic E-state index is -0.895. The summed E-state index contributed by atoms with van der Waals surface area (Å²) >= 11 is 0. The molecular weight excluding hydrogens is 299 g/mol. The first-order valence-corrected chi connectivity index (χ1v) is 3.60. The van der Waals surface area contributed by atoms with Crippen LogP contribution in [0.3, 0.4) is 0 Å². The number of carbonyl (C=O) groups is 1. The van der Waals surface area contributed by atoms with Gasteiger partial charge in [0.25, 0.3) is 0 Å². The van der Waals surface area contributed by atoms with Crippen molar-refractivity contribution in [2.75, 3.05) is 0 Å². The highest BCUT2D eigenvalue weighted by Gasteiger charge is 2.05. The van der Waals surface area contributed by atoms with Gasteiger partial charge in [0, 0.05) is 17.7 Å². The van der Waals surface area contributed by atoms with Gasteiger partial charge in [-0.05, 0) is 0 Å². The van der Waals surface area contributed by atoms with E-state index in [9.17, 15) is 4.79 Å². The Balaban J connectivity index is 0.00000169. The van der Waals surface area contributed by atoms with E-state index in [0.717, 1.165) is 0 Å². The second kappa shape index (κ2) is 6.30. The molecular formula is C8H9IN2O3. The summed E-state index contributed by atoms with van der Waals surface area (Å²) in [6.45, 7) is -0.0729. The highest BCUT2D eigenvalue weighted by molar-refractivity contribution is 5.78. The second-order valence-electron chi connectivity index (χ2n) is 2.44. The number of hydrogen-bond acceptors (Lipinski definition) is 3. The van der Waals surface area contributed by atoms with Crippen molar-refractivity contribution >= 4 is 12.2 Å². The van der Waals surface area contributed by atoms with Gasteiger partial charge in [-0.3, -0.25) is 0 Å². The topological polar surface area (TPSA) is 73.8 Å². The van der Waals surface area contributed by atoms with Crippen molar-refractivity contribution in [1.82, 2.24) is 0 Å². The highest BCUT2D eigenvalue weighted by atomic mass is 127. The number of oxime groups is 1. The maximum Gasteiger partial charge on any atom is 0.370 e. The van der Waals surface area contributed by atoms with Gasteiger partial charge in [-0.25, -0.2) is 4.79 Å². The Bertz CT molecular complexity index is 324. The van der Waals surface area contributed by atoms with Crippen LogP contribution in [0.5, 0.6) is 0 Å². The van der Waals surface area contributed by atoms with Crippen molar-refractivity contribution in [3.8, 4) is 0 Å². The molecule has 6 heteroatoms. The van der Waals surface area contributed by atoms with Gasteiger partial charge in [-0.1, -0.05) is 5.16 Å². The average Bonchev–Trinajstić information content (AvgIpc) is 2.08. The summed E-state index contributed by atoms with van der Waals surface area (Å²) in [7, 11) is 0. The van der Waals surface area contributed by atoms with Gasteiger partial charge >= 0.3 is 5.97 Å². The van der Waals surface area contributed by atoms with Crippen molar-refractivity contribution < 1.29 is 43.7 Å². The first kappa shape index (κ1) is 12.8. The smallest absolute Gasteiger partial charge is 0.370 e. The normalized spacial score (nSPS) is 9.71. The van der Waals surface area contributed by atoms with Gasteiger partial charge in [0.05, 0.1) is 6.21 Å². The van der Waals surface area contributed by atoms with E-state index in [1.807, 2.05) is 0 Å². The maximum absolute atomic E-state index is 10.3. The largest absolute Gasteiger partial charge is 1.00 e. The molecule has 1 rings (SSSR count). The summed E-state index contributed by atoms with van der Waals surface area (Å²) in [6.07, 6.45) is 4.47. The van der Waals surface area contributed by atoms with Crippen LogP contribution in [0, 0.1) is 0 Å². The monoisotopic (exact) mass is 308 g/mol. The maximum atomic E-state index is 10.3. The Kier molecular flexibility index (Phi) is 5.77. The van der Waals surface area contributed by atoms with Crippen molar-refractivity contribution in [3.05, 3.63) is 30.1 Å². The number of carboxylic acids is 1. The lowest BCUT2D eigenvalue weighted by atomic mass is 10.3. The van der Waals surface area contributed by atoms with Crippen LogP contribution in [0.4, 0.5) is 0 Å². The number of carboxylic acid groups (broad SMARTS) is 1. The predicted molar refractivity (Wildman–Crippen MR) is 43.7 cm³/mol. The fraction of sp³-hybridized carbons (Fsp3) is 0.125. The summed E-state index contributed by atoms with van der Waals surface area (Å²) in [5.41, 5.74) is 0.712. The van der Waals surface area contributed by atoms with Crippen LogP contribution in [-0.4, -0.2) is 22.5 Å². The number of aliphatic carboxylic acids is 1. The molecule has 0 aliphatic heterocycles. The summed E-state index contributed by atoms with van der Waals surface area (Å²) < 4.78 is 1.51. The van der Waals surface area contributed by atoms with E-state index in [1.165, 1.54) is 10.8 Å². The Morgan fingerprint density at radius 1 is 1.50 bits per heavy atom. The standard InChI is InChI=1S/C8H8N2O3.HI/c11-8(12)6-10-3-1-7(2-4-10)5-9-13;/h1-5H,6H2,(H,11,12);1H. The SMILES string of the molecule is O=C(O)C[n+]1ccc(/C=N/O)cc1.[I-]. The molecule has 0 fully saturated rings. The van der Waals surface area contributed by atoms with Gasteiger partial charge in [-0.15, -0.1) is 0 Å². The molecule has 0 atom stereocenters. The van der Waals surface area contributed by atoms with Gasteiger partial charge in [0.1, 0.15) is 0 Å². The van der Waals surface area contributed by atoms with Crippen LogP contribution in [0.15, 0.2) is 29.7 Å². The molecule has 1 aromatic rings. The zero-order valence-electron chi connectivity index (χ0n) is 7.17. The summed E-state index contributed by atoms with van der Waals surface area (Å²) in [6, 6.07) is 3.31. The molecule has 0 amide bonds. The molecule has 0 unspecified atom stereocenters. The minimum Gasteiger partial charge on any atom is -1.00 e. The Morgan fingerprint density at radius 3 is 2.50 bits per heavy atom. The number of pyridine rings is 1. The summed E-state index contributed by atoms with van der Waals surface area (Å²) in [5.74, 6) is -0.895. The molecule has 0 aliphatic carbocycles. The predicted octanol–water partition coefficient (Wildman–Crippen LogP) is -3.13. The van der Waals surface area contributed by atoms with E-state index in [0.29, 0.717) is 5.56 Å². The second-order valence-corrected chi connectivity index (χ2v) is 2.44. The zero-order valence-corrected chi connectivity index (χ0v) is 9.33. The molecule has 0 aromatic carbocycles. The number of halogens is 1. The molecule has 2 N–H and O–H groups in total. The lowest BCUT2D eigenvalue weighted by molar-refractivity contribution is -0.685. The lowest BCUT2D eigenvalue weighted by Crippen LogP contribution is -3.00. The Labute approximate surface area is 97.7 Å². The molecule has 0 spiro atoms. The molecule has 0 saturated carbocycles. The van der Waals surface area contributed by atoms with Gasteiger partial charge in [0.15, 0.2) is 12.4 Å². The molecule has 0 radical (unpaired) electrons. The lowest BCUT2D eigenvalue weighted by Gasteiger charge is -1.91. The third-order valence-corrected chi connectivity index (χ3v) is 1.44. The average molecular weight is 308 g/mol. The molecule has 1 aromatic heterocycles. The van der Waals surface area contributed by atoms with E-state index >= 15 is 0 Å². The van der Waals surface area contributed by atoms with Gasteiger partial charge in [0.2, 0.25) is 6.54 Å². The van der Waals surface area contributed by atoms with Crippen molar-refractivity contribution in [3.63, 3.8) is 0 Å². The van der Waals surface area contributed by atoms with E-state index < -0.39 is 5.97 Å². The van der Waals surface area contributed by atoms with E-state index in [4.69, 9.17) is 10.3 Å². The third-order valence-electron chi connectivity index (χ3n) is 1.44. The van der Waals surface area contributed by atoms with Crippen molar-refractivity contribution in [1.29, 1.82) is 0 Å². The molecule has 0 aliphatic rings. The van der Waals surface area contributed by atoms with Gasteiger partial charge in [-0.2, -0.15) is 4.57 Å². The summed E-state index contributed by atoms with van der Waals surface area (Å²) in [5, 5.41) is 19.5. The third kappa shape index (κ3) is 4.17. The Morgan fingerprint density at radius 2 is 2.07 bits per heavy atom. The highest BCUT2D eigenvalue weighted by Crippen LogP contribution is 1.89. The fourth-order valence-corrected chi connectivity index (χ4v) is 0.883. The molecule has 76 valence electrons. The molecule has 0 bridgehead atoms. The quantitative estimate of drug-likeness (QED) is 0.204. The number of aromatic nitrogens is 1. The van der Waals surface area contributed by atoms with Crippen LogP contribution in [-0.2, 0) is 11.3 Å². The van der Waals surface area contributed by atoms with Crippen LogP contribution in [0.2, 0.25) is 0 Å². The van der Waals surface area contributed by atoms with E-state index in [2.05, 4.69) is 5.16 Å². The first-order chi connectivity index (χ1) is 6.22. The Hall–Kier alpha value is -1.18. The molecule has 0 saturated heterocycles. The van der Waals surface area contributed by atoms with E-state index in [1.54, 1.807) is 24.5 Å². The minimum absolute atomic E-state index is 0. The fourth-order valence-electron chi connectivity index (χ4n) is 0.883. The number of nitrogens with zero attached hydrogens (tertiary/aromatic N) is 2. The van der Waals surface area contributed by atoms with E-state index in [-0.39, 0.29) is 30.5 Å². The molecule has 5 nitrogen and oxygen atoms in total. The zero-order chi connectivity index (χ0) is 9.68. The van der Waals surface area contributed by atoms with Crippen LogP contribution < -0.4 is 28.5 Å².